The highest BCUT2D eigenvalue weighted by atomic mass is 17.3. The summed E-state index contributed by atoms with van der Waals surface area (Å²) in [7, 11) is 1.64. The van der Waals surface area contributed by atoms with Gasteiger partial charge in [-0.05, 0) is 12.8 Å². The zero-order chi connectivity index (χ0) is 9.31. The van der Waals surface area contributed by atoms with E-state index in [0.29, 0.717) is 6.42 Å². The molecule has 2 aliphatic rings. The van der Waals surface area contributed by atoms with Crippen molar-refractivity contribution in [2.24, 2.45) is 5.92 Å². The van der Waals surface area contributed by atoms with Gasteiger partial charge in [0.25, 0.3) is 0 Å². The molecule has 0 radical (unpaired) electrons. The highest BCUT2D eigenvalue weighted by molar-refractivity contribution is 4.85. The van der Waals surface area contributed by atoms with Crippen LogP contribution in [0.1, 0.15) is 32.1 Å². The Balaban J connectivity index is 2.10. The van der Waals surface area contributed by atoms with Crippen LogP contribution in [0.5, 0.6) is 0 Å². The normalized spacial score (nSPS) is 45.7. The summed E-state index contributed by atoms with van der Waals surface area (Å²) in [4.78, 5) is 9.93. The Hall–Kier alpha value is -0.160. The Kier molecular flexibility index (Phi) is 2.55. The van der Waals surface area contributed by atoms with Gasteiger partial charge in [0.15, 0.2) is 6.29 Å². The molecule has 0 aromatic rings. The van der Waals surface area contributed by atoms with E-state index in [1.54, 1.807) is 7.11 Å². The molecule has 0 bridgehead atoms. The topological polar surface area (TPSA) is 47.9 Å². The van der Waals surface area contributed by atoms with Gasteiger partial charge in [-0.25, -0.2) is 4.89 Å². The summed E-state index contributed by atoms with van der Waals surface area (Å²) < 4.78 is 5.37. The van der Waals surface area contributed by atoms with Crippen LogP contribution in [0.3, 0.4) is 0 Å². The van der Waals surface area contributed by atoms with Crippen molar-refractivity contribution in [1.29, 1.82) is 0 Å². The number of hydrogen-bond donors (Lipinski definition) is 1. The monoisotopic (exact) mass is 188 g/mol. The molecule has 1 N–H and O–H groups in total. The smallest absolute Gasteiger partial charge is 0.204 e. The van der Waals surface area contributed by atoms with E-state index in [0.717, 1.165) is 19.3 Å². The molecule has 1 aliphatic heterocycles. The molecule has 1 saturated carbocycles. The Morgan fingerprint density at radius 2 is 2.31 bits per heavy atom. The predicted octanol–water partition coefficient (Wildman–Crippen LogP) is 1.19. The first-order valence-corrected chi connectivity index (χ1v) is 4.84. The fraction of sp³-hybridized carbons (Fsp3) is 1.00. The molecule has 2 rings (SSSR count). The minimum Gasteiger partial charge on any atom is -0.366 e. The van der Waals surface area contributed by atoms with E-state index in [-0.39, 0.29) is 5.92 Å². The zero-order valence-electron chi connectivity index (χ0n) is 7.86. The van der Waals surface area contributed by atoms with Crippen LogP contribution < -0.4 is 0 Å². The number of aliphatic hydroxyl groups is 1. The van der Waals surface area contributed by atoms with E-state index in [1.807, 2.05) is 0 Å². The van der Waals surface area contributed by atoms with Gasteiger partial charge in [0.05, 0.1) is 0 Å². The fourth-order valence-corrected chi connectivity index (χ4v) is 2.32. The van der Waals surface area contributed by atoms with Crippen molar-refractivity contribution in [2.45, 2.75) is 44.2 Å². The lowest BCUT2D eigenvalue weighted by atomic mass is 9.80. The molecule has 4 heteroatoms. The molecule has 1 aliphatic carbocycles. The van der Waals surface area contributed by atoms with E-state index >= 15 is 0 Å². The first-order valence-electron chi connectivity index (χ1n) is 4.84. The molecular formula is C9H16O4. The summed E-state index contributed by atoms with van der Waals surface area (Å²) in [6.07, 6.45) is 4.03. The first-order chi connectivity index (χ1) is 6.27. The maximum atomic E-state index is 9.26. The predicted molar refractivity (Wildman–Crippen MR) is 44.5 cm³/mol. The third kappa shape index (κ3) is 1.59. The second-order valence-electron chi connectivity index (χ2n) is 3.83. The fourth-order valence-electron chi connectivity index (χ4n) is 2.32. The van der Waals surface area contributed by atoms with Gasteiger partial charge in [-0.2, -0.15) is 4.89 Å². The van der Waals surface area contributed by atoms with Crippen molar-refractivity contribution in [3.63, 3.8) is 0 Å². The number of rotatable bonds is 1. The van der Waals surface area contributed by atoms with Gasteiger partial charge in [0, 0.05) is 25.9 Å². The van der Waals surface area contributed by atoms with Crippen LogP contribution >= 0.6 is 0 Å². The summed E-state index contributed by atoms with van der Waals surface area (Å²) in [5.74, 6) is -0.313. The highest BCUT2D eigenvalue weighted by Crippen LogP contribution is 2.43. The third-order valence-electron chi connectivity index (χ3n) is 3.08. The minimum absolute atomic E-state index is 0.273. The molecule has 76 valence electrons. The van der Waals surface area contributed by atoms with Gasteiger partial charge in [0.1, 0.15) is 0 Å². The minimum atomic E-state index is -0.786. The zero-order valence-corrected chi connectivity index (χ0v) is 7.86. The summed E-state index contributed by atoms with van der Waals surface area (Å²) in [5, 5.41) is 9.26. The maximum Gasteiger partial charge on any atom is 0.204 e. The van der Waals surface area contributed by atoms with Crippen LogP contribution in [0, 0.1) is 5.92 Å². The Morgan fingerprint density at radius 1 is 1.46 bits per heavy atom. The summed E-state index contributed by atoms with van der Waals surface area (Å²) in [6, 6.07) is 0. The number of ether oxygens (including phenoxy) is 1. The van der Waals surface area contributed by atoms with Gasteiger partial charge in [-0.1, -0.05) is 6.42 Å². The summed E-state index contributed by atoms with van der Waals surface area (Å²) in [5.41, 5.74) is 0. The van der Waals surface area contributed by atoms with Crippen molar-refractivity contribution in [3.8, 4) is 0 Å². The van der Waals surface area contributed by atoms with E-state index in [9.17, 15) is 5.11 Å². The molecule has 1 saturated heterocycles. The number of fused-ring (bicyclic) bond motifs is 1. The van der Waals surface area contributed by atoms with Crippen LogP contribution in [0.2, 0.25) is 0 Å². The molecule has 1 heterocycles. The second kappa shape index (κ2) is 3.53. The quantitative estimate of drug-likeness (QED) is 0.628. The molecule has 0 spiro atoms. The Morgan fingerprint density at radius 3 is 3.08 bits per heavy atom. The third-order valence-corrected chi connectivity index (χ3v) is 3.08. The largest absolute Gasteiger partial charge is 0.366 e. The van der Waals surface area contributed by atoms with Crippen LogP contribution in [0.15, 0.2) is 0 Å². The highest BCUT2D eigenvalue weighted by Gasteiger charge is 2.47. The van der Waals surface area contributed by atoms with E-state index in [1.165, 1.54) is 6.42 Å². The second-order valence-corrected chi connectivity index (χ2v) is 3.83. The summed E-state index contributed by atoms with van der Waals surface area (Å²) >= 11 is 0. The lowest BCUT2D eigenvalue weighted by Crippen LogP contribution is -2.50. The first kappa shape index (κ1) is 9.40. The van der Waals surface area contributed by atoms with E-state index < -0.39 is 12.1 Å². The number of hydrogen-bond acceptors (Lipinski definition) is 4. The van der Waals surface area contributed by atoms with Gasteiger partial charge < -0.3 is 9.84 Å². The average Bonchev–Trinajstić information content (AvgIpc) is 2.18. The van der Waals surface area contributed by atoms with Crippen LogP contribution in [-0.2, 0) is 14.5 Å². The molecule has 0 aromatic heterocycles. The van der Waals surface area contributed by atoms with Gasteiger partial charge in [0.2, 0.25) is 5.79 Å². The van der Waals surface area contributed by atoms with Gasteiger partial charge in [-0.3, -0.25) is 0 Å². The van der Waals surface area contributed by atoms with E-state index in [2.05, 4.69) is 0 Å². The van der Waals surface area contributed by atoms with Gasteiger partial charge >= 0.3 is 0 Å². The average molecular weight is 188 g/mol. The molecule has 2 fully saturated rings. The van der Waals surface area contributed by atoms with Crippen molar-refractivity contribution in [2.75, 3.05) is 7.11 Å². The Bertz CT molecular complexity index is 184. The lowest BCUT2D eigenvalue weighted by molar-refractivity contribution is -0.510. The molecule has 0 amide bonds. The standard InChI is InChI=1S/C9H16O4/c1-11-9-5-3-2-4-7(9)6-8(10)12-13-9/h7-8,10H,2-6H2,1H3/t7-,8?,9-/m0/s1. The number of aliphatic hydroxyl groups excluding tert-OH is 1. The summed E-state index contributed by atoms with van der Waals surface area (Å²) in [6.45, 7) is 0. The Labute approximate surface area is 77.7 Å². The molecule has 0 aromatic carbocycles. The van der Waals surface area contributed by atoms with Crippen molar-refractivity contribution in [1.82, 2.24) is 0 Å². The van der Waals surface area contributed by atoms with Crippen molar-refractivity contribution < 1.29 is 19.6 Å². The molecule has 4 nitrogen and oxygen atoms in total. The molecule has 13 heavy (non-hydrogen) atoms. The maximum absolute atomic E-state index is 9.26. The van der Waals surface area contributed by atoms with Crippen LogP contribution in [0.4, 0.5) is 0 Å². The van der Waals surface area contributed by atoms with Crippen molar-refractivity contribution in [3.05, 3.63) is 0 Å². The van der Waals surface area contributed by atoms with E-state index in [4.69, 9.17) is 14.5 Å². The van der Waals surface area contributed by atoms with Gasteiger partial charge in [-0.15, -0.1) is 0 Å². The van der Waals surface area contributed by atoms with Crippen LogP contribution in [0.25, 0.3) is 0 Å². The van der Waals surface area contributed by atoms with Crippen molar-refractivity contribution >= 4 is 0 Å². The SMILES string of the molecule is CO[C@]12CCCC[C@H]1CC(O)OO2. The lowest BCUT2D eigenvalue weighted by Gasteiger charge is -2.45. The van der Waals surface area contributed by atoms with Crippen LogP contribution in [-0.4, -0.2) is 24.3 Å². The molecule has 3 atom stereocenters. The molecule has 1 unspecified atom stereocenters. The molecular weight excluding hydrogens is 172 g/mol. The number of methoxy groups -OCH3 is 1.